The number of hydrogen-bond acceptors (Lipinski definition) is 8. The van der Waals surface area contributed by atoms with Gasteiger partial charge >= 0.3 is 12.1 Å². The molecule has 2 unspecified atom stereocenters. The van der Waals surface area contributed by atoms with E-state index in [0.29, 0.717) is 54.1 Å². The number of carboxylic acid groups (broad SMARTS) is 1. The van der Waals surface area contributed by atoms with E-state index in [9.17, 15) is 14.7 Å². The molecule has 2 aliphatic rings. The normalized spacial score (nSPS) is 19.8. The fourth-order valence-electron chi connectivity index (χ4n) is 5.96. The predicted octanol–water partition coefficient (Wildman–Crippen LogP) is 3.95. The van der Waals surface area contributed by atoms with Crippen molar-refractivity contribution in [1.82, 2.24) is 29.3 Å². The number of likely N-dealkylation sites (tertiary alicyclic amines) is 1. The molecule has 0 spiro atoms. The van der Waals surface area contributed by atoms with Crippen LogP contribution in [0.3, 0.4) is 0 Å². The summed E-state index contributed by atoms with van der Waals surface area (Å²) in [5.74, 6) is 0.920. The number of benzene rings is 2. The van der Waals surface area contributed by atoms with Crippen molar-refractivity contribution in [1.29, 1.82) is 0 Å². The van der Waals surface area contributed by atoms with Gasteiger partial charge in [-0.05, 0) is 57.8 Å². The van der Waals surface area contributed by atoms with Crippen molar-refractivity contribution < 1.29 is 14.6 Å². The summed E-state index contributed by atoms with van der Waals surface area (Å²) in [6.07, 6.45) is 1.15. The van der Waals surface area contributed by atoms with Gasteiger partial charge in [0.25, 0.3) is 5.56 Å². The van der Waals surface area contributed by atoms with Crippen molar-refractivity contribution in [2.75, 3.05) is 44.7 Å². The maximum Gasteiger partial charge on any atom is 0.407 e. The van der Waals surface area contributed by atoms with Gasteiger partial charge in [0, 0.05) is 37.1 Å². The van der Waals surface area contributed by atoms with Crippen molar-refractivity contribution in [3.8, 4) is 11.7 Å². The van der Waals surface area contributed by atoms with Gasteiger partial charge in [-0.2, -0.15) is 9.97 Å². The highest BCUT2D eigenvalue weighted by Crippen LogP contribution is 2.31. The van der Waals surface area contributed by atoms with Crippen molar-refractivity contribution in [3.63, 3.8) is 0 Å². The maximum absolute atomic E-state index is 14.2. The number of rotatable bonds is 5. The van der Waals surface area contributed by atoms with E-state index in [1.165, 1.54) is 9.47 Å². The lowest BCUT2D eigenvalue weighted by Gasteiger charge is -2.39. The molecule has 2 aromatic heterocycles. The Bertz CT molecular complexity index is 1710. The summed E-state index contributed by atoms with van der Waals surface area (Å²) in [6, 6.07) is 11.4. The molecule has 2 saturated heterocycles. The van der Waals surface area contributed by atoms with E-state index in [4.69, 9.17) is 26.3 Å². The Morgan fingerprint density at radius 3 is 2.59 bits per heavy atom. The van der Waals surface area contributed by atoms with Crippen LogP contribution in [0, 0.1) is 6.92 Å². The molecule has 4 heterocycles. The first-order valence-electron chi connectivity index (χ1n) is 13.8. The number of hydrogen-bond donors (Lipinski definition) is 1. The van der Waals surface area contributed by atoms with Crippen LogP contribution in [-0.4, -0.2) is 92.4 Å². The van der Waals surface area contributed by atoms with Crippen molar-refractivity contribution in [2.24, 2.45) is 0 Å². The van der Waals surface area contributed by atoms with Crippen LogP contribution in [-0.2, 0) is 0 Å². The van der Waals surface area contributed by atoms with E-state index >= 15 is 0 Å². The van der Waals surface area contributed by atoms with E-state index in [1.54, 1.807) is 13.0 Å². The third-order valence-corrected chi connectivity index (χ3v) is 8.48. The molecule has 2 atom stereocenters. The van der Waals surface area contributed by atoms with Crippen molar-refractivity contribution in [3.05, 3.63) is 57.6 Å². The minimum absolute atomic E-state index is 0.103. The van der Waals surface area contributed by atoms with Gasteiger partial charge in [-0.15, -0.1) is 0 Å². The maximum atomic E-state index is 14.2. The molecule has 11 nitrogen and oxygen atoms in total. The quantitative estimate of drug-likeness (QED) is 0.376. The molecule has 1 N–H and O–H groups in total. The minimum atomic E-state index is -0.959. The molecule has 2 aliphatic heterocycles. The average Bonchev–Trinajstić information content (AvgIpc) is 3.36. The summed E-state index contributed by atoms with van der Waals surface area (Å²) >= 11 is 6.61. The second-order valence-electron chi connectivity index (χ2n) is 10.8. The molecule has 4 aromatic rings. The topological polar surface area (TPSA) is 117 Å². The smallest absolute Gasteiger partial charge is 0.407 e. The summed E-state index contributed by atoms with van der Waals surface area (Å²) in [5.41, 5.74) is 0.746. The number of carbonyl (C=O) groups is 1. The number of aromatic nitrogens is 4. The van der Waals surface area contributed by atoms with Crippen molar-refractivity contribution in [2.45, 2.75) is 38.8 Å². The molecular weight excluding hydrogens is 546 g/mol. The second-order valence-corrected chi connectivity index (χ2v) is 11.2. The van der Waals surface area contributed by atoms with E-state index in [-0.39, 0.29) is 29.2 Å². The molecule has 0 radical (unpaired) electrons. The number of amides is 1. The molecule has 0 saturated carbocycles. The fraction of sp³-hybridized carbons (Fsp3) is 0.414. The summed E-state index contributed by atoms with van der Waals surface area (Å²) in [7, 11) is 2.07. The van der Waals surface area contributed by atoms with Gasteiger partial charge in [0.15, 0.2) is 11.3 Å². The monoisotopic (exact) mass is 577 g/mol. The number of anilines is 1. The summed E-state index contributed by atoms with van der Waals surface area (Å²) in [4.78, 5) is 45.7. The number of aryl methyl sites for hydroxylation is 1. The zero-order valence-corrected chi connectivity index (χ0v) is 24.0. The van der Waals surface area contributed by atoms with Crippen LogP contribution in [0.15, 0.2) is 41.2 Å². The van der Waals surface area contributed by atoms with Gasteiger partial charge in [-0.25, -0.2) is 9.78 Å². The average molecular weight is 578 g/mol. The van der Waals surface area contributed by atoms with Crippen LogP contribution in [0.2, 0.25) is 5.02 Å². The van der Waals surface area contributed by atoms with Gasteiger partial charge in [-0.1, -0.05) is 35.9 Å². The molecule has 12 heteroatoms. The SMILES string of the molecule is Cc1nc2c(N3CCN(C(=O)O)CC3C)nc(OCC3CCCN3C)nc2c(=O)n1-c1cccc2cccc(Cl)c12. The zero-order valence-electron chi connectivity index (χ0n) is 23.2. The van der Waals surface area contributed by atoms with Gasteiger partial charge in [0.2, 0.25) is 0 Å². The van der Waals surface area contributed by atoms with Gasteiger partial charge in [-0.3, -0.25) is 9.36 Å². The largest absolute Gasteiger partial charge is 0.465 e. The molecule has 41 heavy (non-hydrogen) atoms. The molecule has 214 valence electrons. The molecule has 0 bridgehead atoms. The zero-order chi connectivity index (χ0) is 28.8. The molecule has 1 amide bonds. The minimum Gasteiger partial charge on any atom is -0.465 e. The molecule has 0 aliphatic carbocycles. The lowest BCUT2D eigenvalue weighted by molar-refractivity contribution is 0.136. The molecule has 2 aromatic carbocycles. The van der Waals surface area contributed by atoms with Gasteiger partial charge in [0.1, 0.15) is 17.9 Å². The molecule has 2 fully saturated rings. The third-order valence-electron chi connectivity index (χ3n) is 8.17. The number of nitrogens with zero attached hydrogens (tertiary/aromatic N) is 7. The van der Waals surface area contributed by atoms with Crippen molar-refractivity contribution >= 4 is 45.3 Å². The van der Waals surface area contributed by atoms with Gasteiger partial charge < -0.3 is 24.5 Å². The number of piperazine rings is 1. The third kappa shape index (κ3) is 4.93. The Balaban J connectivity index is 1.51. The lowest BCUT2D eigenvalue weighted by Crippen LogP contribution is -2.53. The highest BCUT2D eigenvalue weighted by Gasteiger charge is 2.31. The van der Waals surface area contributed by atoms with Crippen LogP contribution in [0.4, 0.5) is 10.6 Å². The highest BCUT2D eigenvalue weighted by atomic mass is 35.5. The first-order valence-corrected chi connectivity index (χ1v) is 14.2. The highest BCUT2D eigenvalue weighted by molar-refractivity contribution is 6.36. The predicted molar refractivity (Wildman–Crippen MR) is 158 cm³/mol. The summed E-state index contributed by atoms with van der Waals surface area (Å²) < 4.78 is 7.66. The van der Waals surface area contributed by atoms with Crippen LogP contribution >= 0.6 is 11.6 Å². The summed E-state index contributed by atoms with van der Waals surface area (Å²) in [6.45, 7) is 6.11. The Hall–Kier alpha value is -3.96. The Labute approximate surface area is 241 Å². The standard InChI is InChI=1S/C29H32ClN7O4/c1-17-15-35(29(39)40)13-14-36(17)26-24-25(32-28(33-26)41-16-20-9-6-12-34(20)3)27(38)37(18(2)31-24)22-11-5-8-19-7-4-10-21(30)23(19)22/h4-5,7-8,10-11,17,20H,6,9,12-16H2,1-3H3,(H,39,40). The number of fused-ring (bicyclic) bond motifs is 2. The van der Waals surface area contributed by atoms with E-state index in [0.717, 1.165) is 30.2 Å². The van der Waals surface area contributed by atoms with E-state index in [2.05, 4.69) is 16.9 Å². The number of halogens is 1. The molecule has 6 rings (SSSR count). The lowest BCUT2D eigenvalue weighted by atomic mass is 10.1. The van der Waals surface area contributed by atoms with Crippen LogP contribution < -0.4 is 15.2 Å². The van der Waals surface area contributed by atoms with E-state index in [1.807, 2.05) is 42.2 Å². The first-order chi connectivity index (χ1) is 19.7. The van der Waals surface area contributed by atoms with E-state index < -0.39 is 6.09 Å². The van der Waals surface area contributed by atoms with Crippen LogP contribution in [0.25, 0.3) is 27.5 Å². The fourth-order valence-corrected chi connectivity index (χ4v) is 6.24. The number of likely N-dealkylation sites (N-methyl/N-ethyl adjacent to an activating group) is 1. The number of ether oxygens (including phenoxy) is 1. The van der Waals surface area contributed by atoms with Gasteiger partial charge in [0.05, 0.1) is 10.7 Å². The first kappa shape index (κ1) is 27.2. The second kappa shape index (κ2) is 10.8. The Morgan fingerprint density at radius 1 is 1.10 bits per heavy atom. The Kier molecular flexibility index (Phi) is 7.16. The molecular formula is C29H32ClN7O4. The Morgan fingerprint density at radius 2 is 1.88 bits per heavy atom. The van der Waals surface area contributed by atoms with Crippen LogP contribution in [0.1, 0.15) is 25.6 Å². The van der Waals surface area contributed by atoms with Crippen LogP contribution in [0.5, 0.6) is 6.01 Å². The summed E-state index contributed by atoms with van der Waals surface area (Å²) in [5, 5.41) is 11.7.